The minimum Gasteiger partial charge on any atom is -0.385 e. The maximum Gasteiger partial charge on any atom is 0.243 e. The summed E-state index contributed by atoms with van der Waals surface area (Å²) in [4.78, 5) is 15.2. The largest absolute Gasteiger partial charge is 0.385 e. The lowest BCUT2D eigenvalue weighted by Crippen LogP contribution is -2.49. The van der Waals surface area contributed by atoms with Crippen molar-refractivity contribution < 1.29 is 18.3 Å². The average Bonchev–Trinajstić information content (AvgIpc) is 2.80. The maximum atomic E-state index is 13.1. The zero-order valence-corrected chi connectivity index (χ0v) is 19.8. The van der Waals surface area contributed by atoms with E-state index in [0.717, 1.165) is 11.1 Å². The number of benzene rings is 2. The third-order valence-electron chi connectivity index (χ3n) is 6.75. The van der Waals surface area contributed by atoms with Crippen molar-refractivity contribution in [2.45, 2.75) is 43.1 Å². The summed E-state index contributed by atoms with van der Waals surface area (Å²) in [7, 11) is -3.54. The highest BCUT2D eigenvalue weighted by molar-refractivity contribution is 7.89. The number of rotatable bonds is 4. The van der Waals surface area contributed by atoms with Crippen molar-refractivity contribution in [3.8, 4) is 0 Å². The summed E-state index contributed by atoms with van der Waals surface area (Å²) in [5.74, 6) is -0.114. The van der Waals surface area contributed by atoms with Crippen LogP contribution in [-0.2, 0) is 20.4 Å². The Bertz CT molecular complexity index is 1050. The van der Waals surface area contributed by atoms with Crippen molar-refractivity contribution in [3.63, 3.8) is 0 Å². The minimum atomic E-state index is -3.54. The second-order valence-corrected chi connectivity index (χ2v) is 11.2. The van der Waals surface area contributed by atoms with Crippen LogP contribution in [0.3, 0.4) is 0 Å². The molecule has 4 rings (SSSR count). The first kappa shape index (κ1) is 23.2. The number of sulfonamides is 1. The minimum absolute atomic E-state index is 0.0653. The SMILES string of the molecule is Cc1ccc(S(=O)(=O)N2CCC(C(=O)N3CCC(O)(c4ccc(Cl)cc4)CC3)CC2)cc1. The monoisotopic (exact) mass is 476 g/mol. The molecular formula is C24H29ClN2O4S. The fourth-order valence-corrected chi connectivity index (χ4v) is 6.20. The van der Waals surface area contributed by atoms with E-state index in [2.05, 4.69) is 0 Å². The lowest BCUT2D eigenvalue weighted by Gasteiger charge is -2.40. The summed E-state index contributed by atoms with van der Waals surface area (Å²) in [5.41, 5.74) is 0.883. The highest BCUT2D eigenvalue weighted by Gasteiger charge is 2.38. The molecule has 0 aromatic heterocycles. The smallest absolute Gasteiger partial charge is 0.243 e. The number of hydrogen-bond donors (Lipinski definition) is 1. The number of carbonyl (C=O) groups is 1. The van der Waals surface area contributed by atoms with Crippen LogP contribution in [0.4, 0.5) is 0 Å². The van der Waals surface area contributed by atoms with Gasteiger partial charge in [0.05, 0.1) is 10.5 Å². The second-order valence-electron chi connectivity index (χ2n) is 8.86. The van der Waals surface area contributed by atoms with Crippen LogP contribution in [0.15, 0.2) is 53.4 Å². The summed E-state index contributed by atoms with van der Waals surface area (Å²) in [6, 6.07) is 14.1. The van der Waals surface area contributed by atoms with Gasteiger partial charge in [-0.05, 0) is 62.4 Å². The van der Waals surface area contributed by atoms with Gasteiger partial charge in [0.1, 0.15) is 0 Å². The molecule has 0 bridgehead atoms. The van der Waals surface area contributed by atoms with E-state index in [1.807, 2.05) is 24.0 Å². The number of hydrogen-bond acceptors (Lipinski definition) is 4. The molecule has 0 spiro atoms. The Labute approximate surface area is 194 Å². The van der Waals surface area contributed by atoms with Crippen molar-refractivity contribution in [1.29, 1.82) is 0 Å². The first-order valence-electron chi connectivity index (χ1n) is 11.0. The van der Waals surface area contributed by atoms with Crippen LogP contribution in [0.2, 0.25) is 5.02 Å². The first-order chi connectivity index (χ1) is 15.2. The Morgan fingerprint density at radius 3 is 2.09 bits per heavy atom. The Morgan fingerprint density at radius 1 is 0.969 bits per heavy atom. The zero-order chi connectivity index (χ0) is 22.9. The van der Waals surface area contributed by atoms with Gasteiger partial charge in [0.15, 0.2) is 0 Å². The van der Waals surface area contributed by atoms with Crippen LogP contribution in [0, 0.1) is 12.8 Å². The van der Waals surface area contributed by atoms with Crippen LogP contribution < -0.4 is 0 Å². The van der Waals surface area contributed by atoms with E-state index in [-0.39, 0.29) is 11.8 Å². The van der Waals surface area contributed by atoms with Crippen LogP contribution in [-0.4, -0.2) is 54.8 Å². The zero-order valence-electron chi connectivity index (χ0n) is 18.2. The standard InChI is InChI=1S/C24H29ClN2O4S/c1-18-2-8-22(9-3-18)32(30,31)27-14-10-19(11-15-27)23(28)26-16-12-24(29,13-17-26)20-4-6-21(25)7-5-20/h2-9,19,29H,10-17H2,1H3. The van der Waals surface area contributed by atoms with Crippen molar-refractivity contribution in [2.24, 2.45) is 5.92 Å². The fourth-order valence-electron chi connectivity index (χ4n) is 4.61. The Balaban J connectivity index is 1.33. The molecule has 2 aromatic carbocycles. The van der Waals surface area contributed by atoms with Crippen molar-refractivity contribution >= 4 is 27.5 Å². The van der Waals surface area contributed by atoms with Crippen LogP contribution in [0.5, 0.6) is 0 Å². The van der Waals surface area contributed by atoms with E-state index in [0.29, 0.717) is 61.8 Å². The summed E-state index contributed by atoms with van der Waals surface area (Å²) < 4.78 is 27.3. The lowest BCUT2D eigenvalue weighted by atomic mass is 9.84. The molecule has 0 radical (unpaired) electrons. The Morgan fingerprint density at radius 2 is 1.53 bits per heavy atom. The number of carbonyl (C=O) groups excluding carboxylic acids is 1. The molecule has 2 fully saturated rings. The number of likely N-dealkylation sites (tertiary alicyclic amines) is 1. The van der Waals surface area contributed by atoms with Gasteiger partial charge < -0.3 is 10.0 Å². The van der Waals surface area contributed by atoms with Crippen molar-refractivity contribution in [3.05, 3.63) is 64.7 Å². The molecule has 2 aromatic rings. The van der Waals surface area contributed by atoms with Crippen LogP contribution >= 0.6 is 11.6 Å². The van der Waals surface area contributed by atoms with Gasteiger partial charge in [-0.25, -0.2) is 8.42 Å². The average molecular weight is 477 g/mol. The first-order valence-corrected chi connectivity index (χ1v) is 12.8. The molecule has 6 nitrogen and oxygen atoms in total. The molecule has 0 saturated carbocycles. The van der Waals surface area contributed by atoms with Crippen molar-refractivity contribution in [2.75, 3.05) is 26.2 Å². The predicted molar refractivity (Wildman–Crippen MR) is 124 cm³/mol. The normalized spacial score (nSPS) is 20.3. The molecule has 172 valence electrons. The van der Waals surface area contributed by atoms with E-state index < -0.39 is 15.6 Å². The van der Waals surface area contributed by atoms with Gasteiger partial charge in [-0.15, -0.1) is 0 Å². The molecule has 1 N–H and O–H groups in total. The topological polar surface area (TPSA) is 77.9 Å². The third-order valence-corrected chi connectivity index (χ3v) is 8.91. The highest BCUT2D eigenvalue weighted by Crippen LogP contribution is 2.34. The molecule has 1 amide bonds. The molecular weight excluding hydrogens is 448 g/mol. The van der Waals surface area contributed by atoms with E-state index in [1.54, 1.807) is 36.4 Å². The Hall–Kier alpha value is -1.93. The van der Waals surface area contributed by atoms with Gasteiger partial charge in [-0.3, -0.25) is 4.79 Å². The maximum absolute atomic E-state index is 13.1. The highest BCUT2D eigenvalue weighted by atomic mass is 35.5. The van der Waals surface area contributed by atoms with E-state index in [4.69, 9.17) is 11.6 Å². The molecule has 0 unspecified atom stereocenters. The molecule has 2 aliphatic rings. The van der Waals surface area contributed by atoms with Crippen LogP contribution in [0.25, 0.3) is 0 Å². The molecule has 8 heteroatoms. The molecule has 0 aliphatic carbocycles. The van der Waals surface area contributed by atoms with Crippen molar-refractivity contribution in [1.82, 2.24) is 9.21 Å². The van der Waals surface area contributed by atoms with E-state index in [9.17, 15) is 18.3 Å². The van der Waals surface area contributed by atoms with E-state index >= 15 is 0 Å². The number of aliphatic hydroxyl groups is 1. The number of piperidine rings is 2. The number of amides is 1. The van der Waals surface area contributed by atoms with E-state index in [1.165, 1.54) is 4.31 Å². The van der Waals surface area contributed by atoms with Gasteiger partial charge in [0.2, 0.25) is 15.9 Å². The molecule has 2 heterocycles. The van der Waals surface area contributed by atoms with Crippen LogP contribution in [0.1, 0.15) is 36.8 Å². The summed E-state index contributed by atoms with van der Waals surface area (Å²) in [5, 5.41) is 11.7. The summed E-state index contributed by atoms with van der Waals surface area (Å²) in [6.07, 6.45) is 1.98. The lowest BCUT2D eigenvalue weighted by molar-refractivity contribution is -0.141. The van der Waals surface area contributed by atoms with Gasteiger partial charge in [-0.2, -0.15) is 4.31 Å². The number of aryl methyl sites for hydroxylation is 1. The van der Waals surface area contributed by atoms with Gasteiger partial charge in [0.25, 0.3) is 0 Å². The van der Waals surface area contributed by atoms with Gasteiger partial charge >= 0.3 is 0 Å². The molecule has 2 aliphatic heterocycles. The predicted octanol–water partition coefficient (Wildman–Crippen LogP) is 3.56. The Kier molecular flexibility index (Phi) is 6.63. The molecule has 2 saturated heterocycles. The van der Waals surface area contributed by atoms with Gasteiger partial charge in [-0.1, -0.05) is 41.4 Å². The summed E-state index contributed by atoms with van der Waals surface area (Å²) >= 11 is 5.95. The molecule has 32 heavy (non-hydrogen) atoms. The van der Waals surface area contributed by atoms with Gasteiger partial charge in [0, 0.05) is 37.1 Å². The summed E-state index contributed by atoms with van der Waals surface area (Å²) in [6.45, 7) is 3.58. The second kappa shape index (κ2) is 9.14. The number of halogens is 1. The third kappa shape index (κ3) is 4.71. The molecule has 0 atom stereocenters. The number of nitrogens with zero attached hydrogens (tertiary/aromatic N) is 2. The quantitative estimate of drug-likeness (QED) is 0.731. The fraction of sp³-hybridized carbons (Fsp3) is 0.458.